The summed E-state index contributed by atoms with van der Waals surface area (Å²) in [5, 5.41) is 11.2. The summed E-state index contributed by atoms with van der Waals surface area (Å²) in [6.45, 7) is 16.1. The zero-order chi connectivity index (χ0) is 33.4. The molecule has 1 atom stereocenters. The molecule has 47 heavy (non-hydrogen) atoms. The minimum absolute atomic E-state index is 0.0275. The van der Waals surface area contributed by atoms with Crippen molar-refractivity contribution >= 4 is 42.3 Å². The lowest BCUT2D eigenvalue weighted by atomic mass is 10.2. The number of rotatable bonds is 15. The van der Waals surface area contributed by atoms with Crippen molar-refractivity contribution in [1.29, 1.82) is 0 Å². The molecule has 252 valence electrons. The second kappa shape index (κ2) is 15.3. The van der Waals surface area contributed by atoms with Gasteiger partial charge < -0.3 is 24.5 Å². The van der Waals surface area contributed by atoms with Gasteiger partial charge in [-0.15, -0.1) is 0 Å². The Morgan fingerprint density at radius 1 is 1.13 bits per heavy atom. The summed E-state index contributed by atoms with van der Waals surface area (Å²) in [6, 6.07) is 11.9. The van der Waals surface area contributed by atoms with E-state index in [2.05, 4.69) is 64.5 Å². The standard InChI is InChI=1S/C34H46FN7O4Si/c1-34(2,3)47(4,5)46-17-14-41(28-12-16-44-23-28)13-7-15-45-29-10-11-30-31(19-29)36-24-37-33(30)40-27-20-38-42(21-27)22-32(43)39-26-9-6-8-25(35)18-26/h6,8-11,18-21,24,28H,7,12-17,22-23H2,1-5H3,(H,39,43)(H,36,37,40). The Hall–Kier alpha value is -3.91. The molecule has 0 radical (unpaired) electrons. The minimum Gasteiger partial charge on any atom is -0.493 e. The van der Waals surface area contributed by atoms with Crippen LogP contribution in [0.5, 0.6) is 5.75 Å². The molecule has 13 heteroatoms. The van der Waals surface area contributed by atoms with Crippen LogP contribution in [-0.4, -0.2) is 84.4 Å². The Balaban J connectivity index is 1.12. The summed E-state index contributed by atoms with van der Waals surface area (Å²) in [5.41, 5.74) is 1.80. The lowest BCUT2D eigenvalue weighted by molar-refractivity contribution is -0.116. The van der Waals surface area contributed by atoms with Crippen LogP contribution in [0.3, 0.4) is 0 Å². The van der Waals surface area contributed by atoms with E-state index >= 15 is 0 Å². The molecule has 0 spiro atoms. The molecule has 1 amide bonds. The number of ether oxygens (including phenoxy) is 2. The van der Waals surface area contributed by atoms with E-state index in [4.69, 9.17) is 13.9 Å². The van der Waals surface area contributed by atoms with E-state index in [1.54, 1.807) is 18.5 Å². The van der Waals surface area contributed by atoms with E-state index in [-0.39, 0.29) is 17.5 Å². The number of nitrogens with zero attached hydrogens (tertiary/aromatic N) is 5. The summed E-state index contributed by atoms with van der Waals surface area (Å²) >= 11 is 0. The highest BCUT2D eigenvalue weighted by molar-refractivity contribution is 6.74. The van der Waals surface area contributed by atoms with Gasteiger partial charge in [0.1, 0.15) is 30.3 Å². The molecule has 1 unspecified atom stereocenters. The molecule has 0 aliphatic carbocycles. The largest absolute Gasteiger partial charge is 0.493 e. The zero-order valence-electron chi connectivity index (χ0n) is 28.0. The van der Waals surface area contributed by atoms with Gasteiger partial charge >= 0.3 is 0 Å². The van der Waals surface area contributed by atoms with E-state index in [9.17, 15) is 9.18 Å². The first kappa shape index (κ1) is 34.4. The number of benzene rings is 2. The van der Waals surface area contributed by atoms with Crippen LogP contribution in [0, 0.1) is 5.82 Å². The molecular weight excluding hydrogens is 618 g/mol. The first-order chi connectivity index (χ1) is 22.5. The molecule has 1 fully saturated rings. The number of anilines is 3. The van der Waals surface area contributed by atoms with Crippen molar-refractivity contribution in [1.82, 2.24) is 24.6 Å². The third-order valence-corrected chi connectivity index (χ3v) is 13.4. The van der Waals surface area contributed by atoms with Crippen molar-refractivity contribution in [3.63, 3.8) is 0 Å². The number of nitrogens with one attached hydrogen (secondary N) is 2. The lowest BCUT2D eigenvalue weighted by Gasteiger charge is -2.37. The van der Waals surface area contributed by atoms with E-state index in [1.165, 1.54) is 29.2 Å². The summed E-state index contributed by atoms with van der Waals surface area (Å²) in [4.78, 5) is 23.8. The van der Waals surface area contributed by atoms with Gasteiger partial charge in [-0.1, -0.05) is 26.8 Å². The molecular formula is C34H46FN7O4Si. The fraction of sp³-hybridized carbons (Fsp3) is 0.471. The predicted molar refractivity (Wildman–Crippen MR) is 184 cm³/mol. The third-order valence-electron chi connectivity index (χ3n) is 8.85. The fourth-order valence-electron chi connectivity index (χ4n) is 5.17. The number of hydrogen-bond acceptors (Lipinski definition) is 9. The highest BCUT2D eigenvalue weighted by atomic mass is 28.4. The molecule has 0 saturated carbocycles. The fourth-order valence-corrected chi connectivity index (χ4v) is 6.21. The number of fused-ring (bicyclic) bond motifs is 1. The van der Waals surface area contributed by atoms with Crippen molar-refractivity contribution in [2.45, 2.75) is 64.3 Å². The van der Waals surface area contributed by atoms with E-state index in [0.29, 0.717) is 29.8 Å². The number of aromatic nitrogens is 4. The van der Waals surface area contributed by atoms with Crippen molar-refractivity contribution in [2.75, 3.05) is 50.2 Å². The second-order valence-corrected chi connectivity index (χ2v) is 18.2. The highest BCUT2D eigenvalue weighted by Crippen LogP contribution is 2.36. The zero-order valence-corrected chi connectivity index (χ0v) is 29.0. The topological polar surface area (TPSA) is 116 Å². The number of carbonyl (C=O) groups is 1. The van der Waals surface area contributed by atoms with Gasteiger partial charge in [-0.2, -0.15) is 5.10 Å². The van der Waals surface area contributed by atoms with E-state index in [1.807, 2.05) is 18.2 Å². The van der Waals surface area contributed by atoms with Crippen LogP contribution < -0.4 is 15.4 Å². The maximum atomic E-state index is 13.4. The number of carbonyl (C=O) groups excluding carboxylic acids is 1. The third kappa shape index (κ3) is 9.57. The van der Waals surface area contributed by atoms with Crippen molar-refractivity contribution < 1.29 is 23.1 Å². The molecule has 2 aromatic carbocycles. The first-order valence-corrected chi connectivity index (χ1v) is 19.1. The van der Waals surface area contributed by atoms with Crippen LogP contribution in [0.1, 0.15) is 33.6 Å². The quantitative estimate of drug-likeness (QED) is 0.113. The summed E-state index contributed by atoms with van der Waals surface area (Å²) in [7, 11) is -1.79. The molecule has 2 N–H and O–H groups in total. The molecule has 1 saturated heterocycles. The Morgan fingerprint density at radius 3 is 2.74 bits per heavy atom. The average Bonchev–Trinajstić information content (AvgIpc) is 3.70. The Morgan fingerprint density at radius 2 is 1.98 bits per heavy atom. The molecule has 4 aromatic rings. The average molecular weight is 664 g/mol. The van der Waals surface area contributed by atoms with E-state index < -0.39 is 14.1 Å². The van der Waals surface area contributed by atoms with Crippen LogP contribution in [0.2, 0.25) is 18.1 Å². The molecule has 1 aliphatic heterocycles. The van der Waals surface area contributed by atoms with Gasteiger partial charge in [0.05, 0.1) is 30.6 Å². The normalized spacial score (nSPS) is 15.3. The van der Waals surface area contributed by atoms with Gasteiger partial charge in [-0.25, -0.2) is 14.4 Å². The minimum atomic E-state index is -1.79. The van der Waals surface area contributed by atoms with Gasteiger partial charge in [-0.05, 0) is 61.3 Å². The second-order valence-electron chi connectivity index (χ2n) is 13.4. The number of hydrogen-bond donors (Lipinski definition) is 2. The molecule has 0 bridgehead atoms. The molecule has 2 aromatic heterocycles. The lowest BCUT2D eigenvalue weighted by Crippen LogP contribution is -2.45. The van der Waals surface area contributed by atoms with Crippen molar-refractivity contribution in [3.05, 3.63) is 67.0 Å². The van der Waals surface area contributed by atoms with Crippen molar-refractivity contribution in [2.24, 2.45) is 0 Å². The Labute approximate surface area is 277 Å². The molecule has 3 heterocycles. The van der Waals surface area contributed by atoms with Gasteiger partial charge in [0.25, 0.3) is 0 Å². The van der Waals surface area contributed by atoms with E-state index in [0.717, 1.165) is 62.4 Å². The smallest absolute Gasteiger partial charge is 0.246 e. The summed E-state index contributed by atoms with van der Waals surface area (Å²) in [6.07, 6.45) is 6.75. The molecule has 11 nitrogen and oxygen atoms in total. The monoisotopic (exact) mass is 663 g/mol. The molecule has 5 rings (SSSR count). The van der Waals surface area contributed by atoms with Crippen molar-refractivity contribution in [3.8, 4) is 5.75 Å². The highest BCUT2D eigenvalue weighted by Gasteiger charge is 2.37. The number of halogens is 1. The summed E-state index contributed by atoms with van der Waals surface area (Å²) in [5.74, 6) is 0.622. The maximum absolute atomic E-state index is 13.4. The van der Waals surface area contributed by atoms with Gasteiger partial charge in [0.15, 0.2) is 8.32 Å². The van der Waals surface area contributed by atoms with Crippen LogP contribution >= 0.6 is 0 Å². The van der Waals surface area contributed by atoms with Gasteiger partial charge in [0, 0.05) is 55.7 Å². The molecule has 1 aliphatic rings. The predicted octanol–water partition coefficient (Wildman–Crippen LogP) is 6.23. The van der Waals surface area contributed by atoms with Crippen LogP contribution in [0.25, 0.3) is 10.9 Å². The van der Waals surface area contributed by atoms with Crippen LogP contribution in [0.4, 0.5) is 21.6 Å². The Kier molecular flexibility index (Phi) is 11.2. The maximum Gasteiger partial charge on any atom is 0.246 e. The van der Waals surface area contributed by atoms with Crippen LogP contribution in [0.15, 0.2) is 61.2 Å². The number of amides is 1. The SMILES string of the molecule is CC(C)(C)[Si](C)(C)OCCN(CCCOc1ccc2c(Nc3cnn(CC(=O)Nc4cccc(F)c4)c3)ncnc2c1)C1CCOC1. The van der Waals surface area contributed by atoms with Crippen LogP contribution in [-0.2, 0) is 20.5 Å². The van der Waals surface area contributed by atoms with Gasteiger partial charge in [-0.3, -0.25) is 14.4 Å². The van der Waals surface area contributed by atoms with Gasteiger partial charge in [0.2, 0.25) is 5.91 Å². The summed E-state index contributed by atoms with van der Waals surface area (Å²) < 4.78 is 33.2. The Bertz CT molecular complexity index is 1640. The first-order valence-electron chi connectivity index (χ1n) is 16.1.